The van der Waals surface area contributed by atoms with Crippen LogP contribution in [0.4, 0.5) is 0 Å². The Bertz CT molecular complexity index is 746. The van der Waals surface area contributed by atoms with Crippen molar-refractivity contribution in [1.29, 1.82) is 0 Å². The second kappa shape index (κ2) is 4.49. The van der Waals surface area contributed by atoms with Gasteiger partial charge in [0.2, 0.25) is 0 Å². The summed E-state index contributed by atoms with van der Waals surface area (Å²) < 4.78 is 1.58. The van der Waals surface area contributed by atoms with E-state index in [9.17, 15) is 4.79 Å². The molecule has 0 saturated carbocycles. The van der Waals surface area contributed by atoms with Gasteiger partial charge in [-0.3, -0.25) is 9.78 Å². The number of benzene rings is 1. The van der Waals surface area contributed by atoms with E-state index in [1.165, 1.54) is 0 Å². The lowest BCUT2D eigenvalue weighted by atomic mass is 10.1. The monoisotopic (exact) mass is 254 g/mol. The molecule has 3 aromatic rings. The van der Waals surface area contributed by atoms with E-state index in [-0.39, 0.29) is 6.42 Å². The SMILES string of the molecule is O=C(O)Cc1cn(-c2cccc3cnccc23)nn1. The van der Waals surface area contributed by atoms with Gasteiger partial charge in [-0.1, -0.05) is 17.3 Å². The average Bonchev–Trinajstić information content (AvgIpc) is 2.85. The molecule has 0 fully saturated rings. The molecule has 1 aromatic carbocycles. The number of hydrogen-bond donors (Lipinski definition) is 1. The van der Waals surface area contributed by atoms with Crippen LogP contribution in [-0.2, 0) is 11.2 Å². The first-order chi connectivity index (χ1) is 9.24. The first-order valence-electron chi connectivity index (χ1n) is 5.70. The van der Waals surface area contributed by atoms with E-state index in [2.05, 4.69) is 15.3 Å². The molecule has 0 spiro atoms. The quantitative estimate of drug-likeness (QED) is 0.765. The van der Waals surface area contributed by atoms with Crippen LogP contribution in [0.25, 0.3) is 16.5 Å². The maximum Gasteiger partial charge on any atom is 0.309 e. The lowest BCUT2D eigenvalue weighted by molar-refractivity contribution is -0.136. The molecule has 0 aliphatic heterocycles. The van der Waals surface area contributed by atoms with E-state index in [0.717, 1.165) is 16.5 Å². The molecular formula is C13H10N4O2. The molecule has 1 N–H and O–H groups in total. The molecule has 0 bridgehead atoms. The fourth-order valence-electron chi connectivity index (χ4n) is 1.96. The minimum Gasteiger partial charge on any atom is -0.481 e. The van der Waals surface area contributed by atoms with Gasteiger partial charge in [0.25, 0.3) is 0 Å². The van der Waals surface area contributed by atoms with E-state index >= 15 is 0 Å². The molecule has 19 heavy (non-hydrogen) atoms. The lowest BCUT2D eigenvalue weighted by Gasteiger charge is -2.04. The maximum absolute atomic E-state index is 10.6. The van der Waals surface area contributed by atoms with Crippen LogP contribution >= 0.6 is 0 Å². The third kappa shape index (κ3) is 2.15. The fraction of sp³-hybridized carbons (Fsp3) is 0.0769. The molecule has 6 nitrogen and oxygen atoms in total. The summed E-state index contributed by atoms with van der Waals surface area (Å²) in [5.41, 5.74) is 1.28. The average molecular weight is 254 g/mol. The second-order valence-electron chi connectivity index (χ2n) is 4.10. The van der Waals surface area contributed by atoms with Gasteiger partial charge in [0, 0.05) is 23.2 Å². The Kier molecular flexibility index (Phi) is 2.68. The van der Waals surface area contributed by atoms with Gasteiger partial charge in [0.15, 0.2) is 0 Å². The highest BCUT2D eigenvalue weighted by atomic mass is 16.4. The van der Waals surface area contributed by atoms with Crippen molar-refractivity contribution in [1.82, 2.24) is 20.0 Å². The predicted molar refractivity (Wildman–Crippen MR) is 68.0 cm³/mol. The highest BCUT2D eigenvalue weighted by Gasteiger charge is 2.08. The summed E-state index contributed by atoms with van der Waals surface area (Å²) in [5, 5.41) is 18.5. The normalized spacial score (nSPS) is 10.7. The van der Waals surface area contributed by atoms with E-state index < -0.39 is 5.97 Å². The largest absolute Gasteiger partial charge is 0.481 e. The molecule has 0 saturated heterocycles. The number of aliphatic carboxylic acids is 1. The van der Waals surface area contributed by atoms with Gasteiger partial charge >= 0.3 is 5.97 Å². The Morgan fingerprint density at radius 1 is 1.32 bits per heavy atom. The molecule has 0 atom stereocenters. The van der Waals surface area contributed by atoms with Crippen molar-refractivity contribution in [2.45, 2.75) is 6.42 Å². The smallest absolute Gasteiger partial charge is 0.309 e. The van der Waals surface area contributed by atoms with Gasteiger partial charge in [-0.05, 0) is 12.1 Å². The molecule has 0 amide bonds. The summed E-state index contributed by atoms with van der Waals surface area (Å²) in [6, 6.07) is 7.66. The van der Waals surface area contributed by atoms with Crippen molar-refractivity contribution in [2.24, 2.45) is 0 Å². The number of carbonyl (C=O) groups is 1. The van der Waals surface area contributed by atoms with Crippen LogP contribution in [-0.4, -0.2) is 31.1 Å². The predicted octanol–water partition coefficient (Wildman–Crippen LogP) is 1.44. The number of carboxylic acid groups (broad SMARTS) is 1. The van der Waals surface area contributed by atoms with Crippen LogP contribution < -0.4 is 0 Å². The summed E-state index contributed by atoms with van der Waals surface area (Å²) >= 11 is 0. The zero-order valence-corrected chi connectivity index (χ0v) is 9.89. The summed E-state index contributed by atoms with van der Waals surface area (Å²) in [6.07, 6.45) is 4.98. The number of aromatic nitrogens is 4. The lowest BCUT2D eigenvalue weighted by Crippen LogP contribution is -2.00. The highest BCUT2D eigenvalue weighted by molar-refractivity contribution is 5.89. The third-order valence-electron chi connectivity index (χ3n) is 2.78. The minimum atomic E-state index is -0.922. The van der Waals surface area contributed by atoms with Gasteiger partial charge in [0.05, 0.1) is 24.0 Å². The number of pyridine rings is 1. The summed E-state index contributed by atoms with van der Waals surface area (Å²) in [6.45, 7) is 0. The zero-order valence-electron chi connectivity index (χ0n) is 9.89. The topological polar surface area (TPSA) is 80.9 Å². The maximum atomic E-state index is 10.6. The van der Waals surface area contributed by atoms with Gasteiger partial charge in [-0.15, -0.1) is 5.10 Å². The number of fused-ring (bicyclic) bond motifs is 1. The minimum absolute atomic E-state index is 0.133. The van der Waals surface area contributed by atoms with E-state index in [1.54, 1.807) is 23.3 Å². The van der Waals surface area contributed by atoms with Gasteiger partial charge in [-0.25, -0.2) is 4.68 Å². The van der Waals surface area contributed by atoms with Gasteiger partial charge in [0.1, 0.15) is 0 Å². The van der Waals surface area contributed by atoms with Crippen LogP contribution in [0.5, 0.6) is 0 Å². The number of rotatable bonds is 3. The Balaban J connectivity index is 2.09. The molecule has 3 rings (SSSR count). The third-order valence-corrected chi connectivity index (χ3v) is 2.78. The number of carboxylic acids is 1. The van der Waals surface area contributed by atoms with Crippen molar-refractivity contribution in [3.8, 4) is 5.69 Å². The standard InChI is InChI=1S/C13H10N4O2/c18-13(19)6-10-8-17(16-15-10)12-3-1-2-9-7-14-5-4-11(9)12/h1-5,7-8H,6H2,(H,18,19). The molecule has 6 heteroatoms. The molecule has 2 heterocycles. The first-order valence-corrected chi connectivity index (χ1v) is 5.70. The van der Waals surface area contributed by atoms with Crippen molar-refractivity contribution in [3.63, 3.8) is 0 Å². The van der Waals surface area contributed by atoms with Gasteiger partial charge in [-0.2, -0.15) is 0 Å². The molecule has 2 aromatic heterocycles. The van der Waals surface area contributed by atoms with Crippen LogP contribution in [0.2, 0.25) is 0 Å². The van der Waals surface area contributed by atoms with Crippen LogP contribution in [0.1, 0.15) is 5.69 Å². The highest BCUT2D eigenvalue weighted by Crippen LogP contribution is 2.20. The van der Waals surface area contributed by atoms with Crippen LogP contribution in [0, 0.1) is 0 Å². The summed E-state index contributed by atoms with van der Waals surface area (Å²) in [7, 11) is 0. The molecule has 0 radical (unpaired) electrons. The van der Waals surface area contributed by atoms with Crippen LogP contribution in [0.15, 0.2) is 42.9 Å². The Morgan fingerprint density at radius 2 is 2.21 bits per heavy atom. The Hall–Kier alpha value is -2.76. The van der Waals surface area contributed by atoms with E-state index in [4.69, 9.17) is 5.11 Å². The number of hydrogen-bond acceptors (Lipinski definition) is 4. The molecule has 94 valence electrons. The van der Waals surface area contributed by atoms with Crippen molar-refractivity contribution < 1.29 is 9.90 Å². The summed E-state index contributed by atoms with van der Waals surface area (Å²) in [4.78, 5) is 14.7. The molecule has 0 unspecified atom stereocenters. The first kappa shape index (κ1) is 11.3. The Labute approximate surface area is 108 Å². The molecular weight excluding hydrogens is 244 g/mol. The second-order valence-corrected chi connectivity index (χ2v) is 4.10. The fourth-order valence-corrected chi connectivity index (χ4v) is 1.96. The molecule has 0 aliphatic carbocycles. The zero-order chi connectivity index (χ0) is 13.2. The van der Waals surface area contributed by atoms with Crippen molar-refractivity contribution >= 4 is 16.7 Å². The van der Waals surface area contributed by atoms with E-state index in [0.29, 0.717) is 5.69 Å². The van der Waals surface area contributed by atoms with Crippen molar-refractivity contribution in [3.05, 3.63) is 48.5 Å². The number of nitrogens with zero attached hydrogens (tertiary/aromatic N) is 4. The van der Waals surface area contributed by atoms with Crippen LogP contribution in [0.3, 0.4) is 0 Å². The summed E-state index contributed by atoms with van der Waals surface area (Å²) in [5.74, 6) is -0.922. The van der Waals surface area contributed by atoms with E-state index in [1.807, 2.05) is 24.3 Å². The Morgan fingerprint density at radius 3 is 3.05 bits per heavy atom. The molecule has 0 aliphatic rings. The van der Waals surface area contributed by atoms with Crippen molar-refractivity contribution in [2.75, 3.05) is 0 Å². The van der Waals surface area contributed by atoms with Gasteiger partial charge < -0.3 is 5.11 Å².